The van der Waals surface area contributed by atoms with Crippen molar-refractivity contribution >= 4 is 24.3 Å². The number of carbonyl (C=O) groups excluding carboxylic acids is 3. The minimum Gasteiger partial charge on any atom is -0.478 e. The van der Waals surface area contributed by atoms with Gasteiger partial charge in [0.2, 0.25) is 0 Å². The molecule has 224 valence electrons. The van der Waals surface area contributed by atoms with Crippen LogP contribution in [-0.4, -0.2) is 81.0 Å². The highest BCUT2D eigenvalue weighted by molar-refractivity contribution is 6.08. The van der Waals surface area contributed by atoms with Crippen LogP contribution in [0.25, 0.3) is 0 Å². The van der Waals surface area contributed by atoms with E-state index in [1.807, 2.05) is 27.7 Å². The minimum absolute atomic E-state index is 0.0707. The molecule has 1 rings (SSSR count). The Labute approximate surface area is 236 Å². The van der Waals surface area contributed by atoms with Crippen molar-refractivity contribution in [1.82, 2.24) is 21.3 Å². The molecule has 2 amide bonds. The van der Waals surface area contributed by atoms with E-state index in [-0.39, 0.29) is 36.0 Å². The van der Waals surface area contributed by atoms with Crippen LogP contribution >= 0.6 is 0 Å². The summed E-state index contributed by atoms with van der Waals surface area (Å²) in [5.41, 5.74) is -0.758. The number of ether oxygens (including phenoxy) is 3. The first kappa shape index (κ1) is 36.1. The zero-order chi connectivity index (χ0) is 30.7. The van der Waals surface area contributed by atoms with Crippen LogP contribution in [-0.2, 0) is 14.3 Å². The zero-order valence-corrected chi connectivity index (χ0v) is 24.2. The van der Waals surface area contributed by atoms with E-state index in [4.69, 9.17) is 9.47 Å². The lowest BCUT2D eigenvalue weighted by Crippen LogP contribution is -2.37. The molecule has 0 aliphatic heterocycles. The zero-order valence-electron chi connectivity index (χ0n) is 24.2. The molecule has 0 saturated carbocycles. The highest BCUT2D eigenvalue weighted by atomic mass is 16.5. The van der Waals surface area contributed by atoms with Crippen molar-refractivity contribution in [2.45, 2.75) is 52.7 Å². The number of carboxylic acids is 1. The lowest BCUT2D eigenvalue weighted by Gasteiger charge is -2.17. The van der Waals surface area contributed by atoms with E-state index in [2.05, 4.69) is 39.2 Å². The second kappa shape index (κ2) is 20.1. The Morgan fingerprint density at radius 2 is 1.35 bits per heavy atom. The molecule has 1 aromatic rings. The van der Waals surface area contributed by atoms with Crippen LogP contribution in [0.5, 0.6) is 5.75 Å². The first-order valence-corrected chi connectivity index (χ1v) is 12.9. The Morgan fingerprint density at radius 1 is 0.825 bits per heavy atom. The molecule has 0 aromatic heterocycles. The van der Waals surface area contributed by atoms with Gasteiger partial charge < -0.3 is 40.6 Å². The molecule has 0 aliphatic rings. The van der Waals surface area contributed by atoms with Crippen molar-refractivity contribution in [3.63, 3.8) is 0 Å². The summed E-state index contributed by atoms with van der Waals surface area (Å²) in [5, 5.41) is 20.5. The van der Waals surface area contributed by atoms with Crippen LogP contribution in [0, 0.1) is 5.92 Å². The molecule has 12 heteroatoms. The van der Waals surface area contributed by atoms with E-state index in [1.165, 1.54) is 7.05 Å². The number of rotatable bonds is 18. The van der Waals surface area contributed by atoms with Crippen LogP contribution < -0.4 is 26.0 Å². The molecule has 3 unspecified atom stereocenters. The summed E-state index contributed by atoms with van der Waals surface area (Å²) in [5.74, 6) is -2.64. The second-order valence-corrected chi connectivity index (χ2v) is 9.38. The number of carboxylic acid groups (broad SMARTS) is 1. The van der Waals surface area contributed by atoms with Crippen molar-refractivity contribution in [1.29, 1.82) is 0 Å². The number of hydrogen-bond donors (Lipinski definition) is 5. The number of benzene rings is 1. The van der Waals surface area contributed by atoms with Crippen LogP contribution in [0.15, 0.2) is 37.7 Å². The van der Waals surface area contributed by atoms with Crippen molar-refractivity contribution in [3.05, 3.63) is 54.4 Å². The normalized spacial score (nSPS) is 12.5. The van der Waals surface area contributed by atoms with E-state index < -0.39 is 23.3 Å². The highest BCUT2D eigenvalue weighted by Crippen LogP contribution is 2.24. The number of nitrogens with one attached hydrogen (secondary N) is 4. The van der Waals surface area contributed by atoms with E-state index >= 15 is 0 Å². The molecular formula is C28H44N4O8. The molecule has 0 spiro atoms. The molecule has 5 N–H and O–H groups in total. The average molecular weight is 565 g/mol. The molecule has 0 aliphatic carbocycles. The molecule has 1 aromatic carbocycles. The van der Waals surface area contributed by atoms with Gasteiger partial charge in [-0.1, -0.05) is 27.0 Å². The summed E-state index contributed by atoms with van der Waals surface area (Å²) < 4.78 is 15.6. The third kappa shape index (κ3) is 14.3. The molecule has 40 heavy (non-hydrogen) atoms. The van der Waals surface area contributed by atoms with Crippen molar-refractivity contribution < 1.29 is 38.5 Å². The average Bonchev–Trinajstić information content (AvgIpc) is 2.88. The molecule has 0 bridgehead atoms. The van der Waals surface area contributed by atoms with E-state index in [9.17, 15) is 24.3 Å². The fraction of sp³-hybridized carbons (Fsp3) is 0.500. The van der Waals surface area contributed by atoms with Gasteiger partial charge in [-0.25, -0.2) is 4.79 Å². The van der Waals surface area contributed by atoms with Gasteiger partial charge in [0.1, 0.15) is 5.75 Å². The smallest absolute Gasteiger partial charge is 0.336 e. The van der Waals surface area contributed by atoms with Crippen molar-refractivity contribution in [2.24, 2.45) is 5.92 Å². The van der Waals surface area contributed by atoms with Crippen LogP contribution in [0.1, 0.15) is 65.7 Å². The van der Waals surface area contributed by atoms with Gasteiger partial charge in [-0.2, -0.15) is 0 Å². The quantitative estimate of drug-likeness (QED) is 0.167. The van der Waals surface area contributed by atoms with E-state index in [0.717, 1.165) is 12.1 Å². The number of carbonyl (C=O) groups is 4. The summed E-state index contributed by atoms with van der Waals surface area (Å²) in [6.45, 7) is 19.2. The first-order valence-electron chi connectivity index (χ1n) is 12.9. The molecule has 0 saturated heterocycles. The number of hydrogen-bond acceptors (Lipinski definition) is 9. The first-order chi connectivity index (χ1) is 18.9. The molecule has 0 fully saturated rings. The summed E-state index contributed by atoms with van der Waals surface area (Å²) in [7, 11) is 1.35. The van der Waals surface area contributed by atoms with E-state index in [0.29, 0.717) is 37.8 Å². The Balaban J connectivity index is 0.000000983. The van der Waals surface area contributed by atoms with Gasteiger partial charge in [-0.3, -0.25) is 14.4 Å². The molecule has 0 radical (unpaired) electrons. The Bertz CT molecular complexity index is 967. The summed E-state index contributed by atoms with van der Waals surface area (Å²) in [6.07, 6.45) is 3.36. The van der Waals surface area contributed by atoms with Crippen LogP contribution in [0.4, 0.5) is 0 Å². The fourth-order valence-corrected chi connectivity index (χ4v) is 3.15. The van der Waals surface area contributed by atoms with Crippen LogP contribution in [0.2, 0.25) is 0 Å². The van der Waals surface area contributed by atoms with Crippen molar-refractivity contribution in [2.75, 3.05) is 33.5 Å². The molecule has 12 nitrogen and oxygen atoms in total. The third-order valence-electron chi connectivity index (χ3n) is 4.98. The lowest BCUT2D eigenvalue weighted by molar-refractivity contribution is -0.120. The van der Waals surface area contributed by atoms with Gasteiger partial charge in [0.25, 0.3) is 18.3 Å². The maximum Gasteiger partial charge on any atom is 0.336 e. The maximum absolute atomic E-state index is 12.5. The van der Waals surface area contributed by atoms with Gasteiger partial charge in [-0.15, -0.1) is 0 Å². The molecular weight excluding hydrogens is 520 g/mol. The maximum atomic E-state index is 12.5. The monoisotopic (exact) mass is 564 g/mol. The Hall–Kier alpha value is -3.90. The van der Waals surface area contributed by atoms with Crippen molar-refractivity contribution in [3.8, 4) is 5.75 Å². The summed E-state index contributed by atoms with van der Waals surface area (Å²) in [6, 6.07) is 2.29. The van der Waals surface area contributed by atoms with E-state index in [1.54, 1.807) is 19.3 Å². The minimum atomic E-state index is -1.40. The largest absolute Gasteiger partial charge is 0.478 e. The Morgan fingerprint density at radius 3 is 1.80 bits per heavy atom. The standard InChI is InChI=1S/C18H24N2O7.C10H20N2O/c1-10(2)7-26-8-11(3)20-17(23)12-5-14(16(22)19-4)15(27-9-21)6-13(12)18(24)25;1-5-11-9(3)7-13-8-10(4)12-6-2/h5-6,9-11H,7-8H2,1-4H3,(H,19,22)(H,20,23)(H,24,25);5-6,9-12H,1-2,7-8H2,3-4H3. The highest BCUT2D eigenvalue weighted by Gasteiger charge is 2.24. The van der Waals surface area contributed by atoms with Gasteiger partial charge in [0, 0.05) is 31.8 Å². The lowest BCUT2D eigenvalue weighted by atomic mass is 10.0. The SMILES string of the molecule is C=CNC(C)COCC(C)NC=C.CNC(=O)c1cc(C(=O)NC(C)COCC(C)C)c(C(=O)O)cc1OC=O. The van der Waals surface area contributed by atoms with Gasteiger partial charge >= 0.3 is 5.97 Å². The summed E-state index contributed by atoms with van der Waals surface area (Å²) >= 11 is 0. The fourth-order valence-electron chi connectivity index (χ4n) is 3.15. The molecule has 3 atom stereocenters. The summed E-state index contributed by atoms with van der Waals surface area (Å²) in [4.78, 5) is 46.7. The predicted molar refractivity (Wildman–Crippen MR) is 152 cm³/mol. The topological polar surface area (TPSA) is 164 Å². The number of aromatic carboxylic acids is 1. The van der Waals surface area contributed by atoms with Gasteiger partial charge in [0.05, 0.1) is 36.5 Å². The third-order valence-corrected chi connectivity index (χ3v) is 4.98. The predicted octanol–water partition coefficient (Wildman–Crippen LogP) is 2.32. The Kier molecular flexibility index (Phi) is 18.1. The second-order valence-electron chi connectivity index (χ2n) is 9.38. The van der Waals surface area contributed by atoms with Gasteiger partial charge in [0.15, 0.2) is 0 Å². The van der Waals surface area contributed by atoms with Crippen LogP contribution in [0.3, 0.4) is 0 Å². The molecule has 0 heterocycles. The van der Waals surface area contributed by atoms with Gasteiger partial charge in [-0.05, 0) is 51.2 Å². The number of amides is 2.